The lowest BCUT2D eigenvalue weighted by molar-refractivity contribution is -0.141. The number of halogens is 1. The molecule has 2 unspecified atom stereocenters. The van der Waals surface area contributed by atoms with Crippen LogP contribution in [-0.2, 0) is 9.53 Å². The highest BCUT2D eigenvalue weighted by atomic mass is 19.1. The van der Waals surface area contributed by atoms with Crippen LogP contribution in [0.2, 0.25) is 0 Å². The van der Waals surface area contributed by atoms with Gasteiger partial charge in [0.2, 0.25) is 0 Å². The van der Waals surface area contributed by atoms with Crippen LogP contribution < -0.4 is 5.73 Å². The van der Waals surface area contributed by atoms with E-state index in [0.29, 0.717) is 12.8 Å². The zero-order valence-corrected chi connectivity index (χ0v) is 10.2. The van der Waals surface area contributed by atoms with Crippen molar-refractivity contribution < 1.29 is 13.9 Å². The van der Waals surface area contributed by atoms with Crippen LogP contribution in [0.4, 0.5) is 4.39 Å². The first-order chi connectivity index (χ1) is 8.02. The average molecular weight is 239 g/mol. The number of esters is 1. The lowest BCUT2D eigenvalue weighted by Crippen LogP contribution is -2.16. The highest BCUT2D eigenvalue weighted by molar-refractivity contribution is 5.69. The fourth-order valence-corrected chi connectivity index (χ4v) is 1.73. The van der Waals surface area contributed by atoms with Gasteiger partial charge in [-0.2, -0.15) is 0 Å². The molecule has 2 N–H and O–H groups in total. The molecule has 3 nitrogen and oxygen atoms in total. The third kappa shape index (κ3) is 4.53. The van der Waals surface area contributed by atoms with Gasteiger partial charge in [0, 0.05) is 12.5 Å². The van der Waals surface area contributed by atoms with Gasteiger partial charge >= 0.3 is 5.97 Å². The molecule has 4 heteroatoms. The molecule has 0 saturated carbocycles. The standard InChI is InChI=1S/C13H18FNO2/c1-9(8-13(16)17-2)7-12(15)10-3-5-11(14)6-4-10/h3-6,9,12H,7-8,15H2,1-2H3. The Morgan fingerprint density at radius 1 is 1.41 bits per heavy atom. The number of carbonyl (C=O) groups is 1. The Bertz CT molecular complexity index is 364. The van der Waals surface area contributed by atoms with Crippen molar-refractivity contribution in [3.63, 3.8) is 0 Å². The van der Waals surface area contributed by atoms with Gasteiger partial charge in [-0.3, -0.25) is 4.79 Å². The maximum Gasteiger partial charge on any atom is 0.305 e. The zero-order valence-electron chi connectivity index (χ0n) is 10.2. The van der Waals surface area contributed by atoms with Gasteiger partial charge in [-0.15, -0.1) is 0 Å². The molecule has 0 amide bonds. The number of nitrogens with two attached hydrogens (primary N) is 1. The molecule has 0 aliphatic heterocycles. The van der Waals surface area contributed by atoms with E-state index in [4.69, 9.17) is 5.73 Å². The summed E-state index contributed by atoms with van der Waals surface area (Å²) >= 11 is 0. The number of benzene rings is 1. The smallest absolute Gasteiger partial charge is 0.305 e. The molecular weight excluding hydrogens is 221 g/mol. The quantitative estimate of drug-likeness (QED) is 0.803. The number of rotatable bonds is 5. The molecule has 0 aliphatic carbocycles. The second kappa shape index (κ2) is 6.35. The van der Waals surface area contributed by atoms with Gasteiger partial charge in [0.05, 0.1) is 7.11 Å². The molecule has 1 aromatic carbocycles. The van der Waals surface area contributed by atoms with E-state index in [-0.39, 0.29) is 23.7 Å². The Labute approximate surface area is 101 Å². The van der Waals surface area contributed by atoms with Crippen molar-refractivity contribution >= 4 is 5.97 Å². The molecule has 0 aromatic heterocycles. The summed E-state index contributed by atoms with van der Waals surface area (Å²) in [7, 11) is 1.37. The Balaban J connectivity index is 2.51. The average Bonchev–Trinajstić information content (AvgIpc) is 2.29. The maximum absolute atomic E-state index is 12.7. The first kappa shape index (κ1) is 13.6. The van der Waals surface area contributed by atoms with Crippen LogP contribution in [-0.4, -0.2) is 13.1 Å². The molecule has 94 valence electrons. The van der Waals surface area contributed by atoms with E-state index in [1.807, 2.05) is 6.92 Å². The molecule has 0 radical (unpaired) electrons. The second-order valence-corrected chi connectivity index (χ2v) is 4.28. The van der Waals surface area contributed by atoms with Crippen LogP contribution in [0.5, 0.6) is 0 Å². The molecule has 0 aliphatic rings. The van der Waals surface area contributed by atoms with Gasteiger partial charge in [-0.05, 0) is 30.0 Å². The lowest BCUT2D eigenvalue weighted by atomic mass is 9.94. The molecule has 1 rings (SSSR count). The summed E-state index contributed by atoms with van der Waals surface area (Å²) in [6.07, 6.45) is 1.02. The molecule has 1 aromatic rings. The number of hydrogen-bond donors (Lipinski definition) is 1. The highest BCUT2D eigenvalue weighted by Crippen LogP contribution is 2.21. The van der Waals surface area contributed by atoms with Gasteiger partial charge in [-0.1, -0.05) is 19.1 Å². The topological polar surface area (TPSA) is 52.3 Å². The maximum atomic E-state index is 12.7. The van der Waals surface area contributed by atoms with Crippen molar-refractivity contribution in [2.24, 2.45) is 11.7 Å². The molecule has 17 heavy (non-hydrogen) atoms. The largest absolute Gasteiger partial charge is 0.469 e. The molecule has 2 atom stereocenters. The summed E-state index contributed by atoms with van der Waals surface area (Å²) in [6.45, 7) is 1.94. The fourth-order valence-electron chi connectivity index (χ4n) is 1.73. The number of hydrogen-bond acceptors (Lipinski definition) is 3. The van der Waals surface area contributed by atoms with Crippen LogP contribution in [0, 0.1) is 11.7 Å². The number of ether oxygens (including phenoxy) is 1. The molecule has 0 heterocycles. The summed E-state index contributed by atoms with van der Waals surface area (Å²) in [5.74, 6) is -0.366. The van der Waals surface area contributed by atoms with Crippen molar-refractivity contribution in [3.05, 3.63) is 35.6 Å². The van der Waals surface area contributed by atoms with E-state index in [1.165, 1.54) is 19.2 Å². The Morgan fingerprint density at radius 3 is 2.53 bits per heavy atom. The van der Waals surface area contributed by atoms with E-state index in [9.17, 15) is 9.18 Å². The van der Waals surface area contributed by atoms with Crippen molar-refractivity contribution in [1.82, 2.24) is 0 Å². The molecular formula is C13H18FNO2. The predicted octanol–water partition coefficient (Wildman–Crippen LogP) is 2.41. The van der Waals surface area contributed by atoms with E-state index < -0.39 is 0 Å². The summed E-state index contributed by atoms with van der Waals surface area (Å²) in [4.78, 5) is 11.1. The summed E-state index contributed by atoms with van der Waals surface area (Å²) in [5.41, 5.74) is 6.87. The molecule has 0 saturated heterocycles. The van der Waals surface area contributed by atoms with Crippen LogP contribution in [0.25, 0.3) is 0 Å². The zero-order chi connectivity index (χ0) is 12.8. The van der Waals surface area contributed by atoms with Gasteiger partial charge < -0.3 is 10.5 Å². The normalized spacial score (nSPS) is 14.1. The highest BCUT2D eigenvalue weighted by Gasteiger charge is 2.14. The summed E-state index contributed by atoms with van der Waals surface area (Å²) in [5, 5.41) is 0. The van der Waals surface area contributed by atoms with Gasteiger partial charge in [0.1, 0.15) is 5.82 Å². The van der Waals surface area contributed by atoms with Gasteiger partial charge in [-0.25, -0.2) is 4.39 Å². The van der Waals surface area contributed by atoms with Crippen molar-refractivity contribution in [2.45, 2.75) is 25.8 Å². The van der Waals surface area contributed by atoms with Crippen LogP contribution in [0.3, 0.4) is 0 Å². The Kier molecular flexibility index (Phi) is 5.10. The third-order valence-corrected chi connectivity index (χ3v) is 2.70. The van der Waals surface area contributed by atoms with E-state index in [1.54, 1.807) is 12.1 Å². The number of methoxy groups -OCH3 is 1. The van der Waals surface area contributed by atoms with Crippen molar-refractivity contribution in [2.75, 3.05) is 7.11 Å². The molecule has 0 fully saturated rings. The number of carbonyl (C=O) groups excluding carboxylic acids is 1. The Hall–Kier alpha value is -1.42. The summed E-state index contributed by atoms with van der Waals surface area (Å²) in [6, 6.07) is 5.94. The van der Waals surface area contributed by atoms with E-state index >= 15 is 0 Å². The minimum absolute atomic E-state index is 0.141. The van der Waals surface area contributed by atoms with Crippen molar-refractivity contribution in [1.29, 1.82) is 0 Å². The first-order valence-corrected chi connectivity index (χ1v) is 5.60. The van der Waals surface area contributed by atoms with Crippen molar-refractivity contribution in [3.8, 4) is 0 Å². The molecule has 0 bridgehead atoms. The van der Waals surface area contributed by atoms with Gasteiger partial charge in [0.25, 0.3) is 0 Å². The fraction of sp³-hybridized carbons (Fsp3) is 0.462. The van der Waals surface area contributed by atoms with Crippen LogP contribution in [0.15, 0.2) is 24.3 Å². The Morgan fingerprint density at radius 2 is 2.00 bits per heavy atom. The van der Waals surface area contributed by atoms with E-state index in [2.05, 4.69) is 4.74 Å². The predicted molar refractivity (Wildman–Crippen MR) is 63.7 cm³/mol. The van der Waals surface area contributed by atoms with Gasteiger partial charge in [0.15, 0.2) is 0 Å². The van der Waals surface area contributed by atoms with Crippen LogP contribution >= 0.6 is 0 Å². The minimum atomic E-state index is -0.274. The molecule has 0 spiro atoms. The lowest BCUT2D eigenvalue weighted by Gasteiger charge is -2.16. The van der Waals surface area contributed by atoms with Crippen LogP contribution in [0.1, 0.15) is 31.4 Å². The monoisotopic (exact) mass is 239 g/mol. The second-order valence-electron chi connectivity index (χ2n) is 4.28. The minimum Gasteiger partial charge on any atom is -0.469 e. The SMILES string of the molecule is COC(=O)CC(C)CC(N)c1ccc(F)cc1. The third-order valence-electron chi connectivity index (χ3n) is 2.70. The summed E-state index contributed by atoms with van der Waals surface area (Å²) < 4.78 is 17.3. The first-order valence-electron chi connectivity index (χ1n) is 5.60. The van der Waals surface area contributed by atoms with E-state index in [0.717, 1.165) is 5.56 Å².